The van der Waals surface area contributed by atoms with Crippen molar-refractivity contribution in [2.75, 3.05) is 18.2 Å². The van der Waals surface area contributed by atoms with E-state index >= 15 is 0 Å². The summed E-state index contributed by atoms with van der Waals surface area (Å²) in [5, 5.41) is 3.11. The number of anilines is 2. The first-order valence-electron chi connectivity index (χ1n) is 5.37. The molecule has 0 aliphatic heterocycles. The van der Waals surface area contributed by atoms with E-state index in [0.717, 1.165) is 0 Å². The maximum absolute atomic E-state index is 11.7. The summed E-state index contributed by atoms with van der Waals surface area (Å²) < 4.78 is 5.13. The quantitative estimate of drug-likeness (QED) is 0.814. The van der Waals surface area contributed by atoms with Crippen LogP contribution in [-0.2, 0) is 4.79 Å². The Balaban J connectivity index is 2.93. The van der Waals surface area contributed by atoms with Crippen LogP contribution in [0.15, 0.2) is 12.1 Å². The van der Waals surface area contributed by atoms with Crippen molar-refractivity contribution in [1.82, 2.24) is 0 Å². The molecule has 0 heterocycles. The van der Waals surface area contributed by atoms with Gasteiger partial charge in [0.1, 0.15) is 11.4 Å². The van der Waals surface area contributed by atoms with Gasteiger partial charge in [-0.25, -0.2) is 0 Å². The van der Waals surface area contributed by atoms with E-state index in [1.807, 2.05) is 13.8 Å². The van der Waals surface area contributed by atoms with E-state index in [-0.39, 0.29) is 11.8 Å². The monoisotopic (exact) mass is 256 g/mol. The predicted molar refractivity (Wildman–Crippen MR) is 70.5 cm³/mol. The van der Waals surface area contributed by atoms with Gasteiger partial charge >= 0.3 is 0 Å². The van der Waals surface area contributed by atoms with Crippen molar-refractivity contribution in [3.63, 3.8) is 0 Å². The van der Waals surface area contributed by atoms with Gasteiger partial charge in [-0.1, -0.05) is 25.4 Å². The molecule has 0 fully saturated rings. The highest BCUT2D eigenvalue weighted by Crippen LogP contribution is 2.35. The smallest absolute Gasteiger partial charge is 0.224 e. The molecule has 4 nitrogen and oxygen atoms in total. The van der Waals surface area contributed by atoms with Crippen molar-refractivity contribution in [3.05, 3.63) is 17.2 Å². The Bertz CT molecular complexity index is 419. The van der Waals surface area contributed by atoms with Crippen LogP contribution in [0.1, 0.15) is 20.3 Å². The first kappa shape index (κ1) is 13.6. The molecule has 0 saturated heterocycles. The molecular weight excluding hydrogens is 240 g/mol. The number of carbonyl (C=O) groups is 1. The van der Waals surface area contributed by atoms with E-state index in [1.165, 1.54) is 7.11 Å². The third kappa shape index (κ3) is 3.82. The Hall–Kier alpha value is -1.42. The Kier molecular flexibility index (Phi) is 4.63. The number of amides is 1. The molecule has 1 rings (SSSR count). The number of nitrogen functional groups attached to an aromatic ring is 1. The Morgan fingerprint density at radius 3 is 2.71 bits per heavy atom. The highest BCUT2D eigenvalue weighted by molar-refractivity contribution is 6.34. The van der Waals surface area contributed by atoms with Gasteiger partial charge in [-0.05, 0) is 12.0 Å². The Morgan fingerprint density at radius 1 is 1.53 bits per heavy atom. The lowest BCUT2D eigenvalue weighted by molar-refractivity contribution is -0.116. The normalized spacial score (nSPS) is 10.4. The molecule has 3 N–H and O–H groups in total. The third-order valence-electron chi connectivity index (χ3n) is 2.15. The zero-order valence-electron chi connectivity index (χ0n) is 10.2. The lowest BCUT2D eigenvalue weighted by Crippen LogP contribution is -2.15. The fourth-order valence-corrected chi connectivity index (χ4v) is 1.71. The van der Waals surface area contributed by atoms with Crippen LogP contribution in [0.4, 0.5) is 11.4 Å². The second-order valence-electron chi connectivity index (χ2n) is 4.23. The van der Waals surface area contributed by atoms with Crippen molar-refractivity contribution < 1.29 is 9.53 Å². The lowest BCUT2D eigenvalue weighted by Gasteiger charge is -2.13. The molecule has 17 heavy (non-hydrogen) atoms. The topological polar surface area (TPSA) is 64.3 Å². The number of halogens is 1. The molecule has 94 valence electrons. The molecule has 0 spiro atoms. The molecular formula is C12H17ClN2O2. The van der Waals surface area contributed by atoms with Crippen molar-refractivity contribution in [2.45, 2.75) is 20.3 Å². The molecule has 5 heteroatoms. The molecule has 1 aromatic carbocycles. The van der Waals surface area contributed by atoms with Crippen LogP contribution >= 0.6 is 11.6 Å². The van der Waals surface area contributed by atoms with Crippen LogP contribution in [0, 0.1) is 5.92 Å². The molecule has 0 aromatic heterocycles. The van der Waals surface area contributed by atoms with Gasteiger partial charge in [-0.15, -0.1) is 0 Å². The SMILES string of the molecule is COc1cc(N)cc(Cl)c1NC(=O)CC(C)C. The fraction of sp³-hybridized carbons (Fsp3) is 0.417. The predicted octanol–water partition coefficient (Wildman–Crippen LogP) is 2.92. The van der Waals surface area contributed by atoms with E-state index in [4.69, 9.17) is 22.1 Å². The summed E-state index contributed by atoms with van der Waals surface area (Å²) in [5.41, 5.74) is 6.60. The standard InChI is InChI=1S/C12H17ClN2O2/c1-7(2)4-11(16)15-12-9(13)5-8(14)6-10(12)17-3/h5-7H,4,14H2,1-3H3,(H,15,16). The van der Waals surface area contributed by atoms with Gasteiger partial charge in [0.25, 0.3) is 0 Å². The van der Waals surface area contributed by atoms with Crippen LogP contribution in [0.5, 0.6) is 5.75 Å². The summed E-state index contributed by atoms with van der Waals surface area (Å²) in [6, 6.07) is 3.20. The number of hydrogen-bond acceptors (Lipinski definition) is 3. The largest absolute Gasteiger partial charge is 0.494 e. The number of methoxy groups -OCH3 is 1. The lowest BCUT2D eigenvalue weighted by atomic mass is 10.1. The molecule has 0 bridgehead atoms. The summed E-state index contributed by atoms with van der Waals surface area (Å²) in [6.45, 7) is 3.95. The first-order valence-corrected chi connectivity index (χ1v) is 5.74. The van der Waals surface area contributed by atoms with Crippen LogP contribution in [0.3, 0.4) is 0 Å². The number of nitrogens with two attached hydrogens (primary N) is 1. The Morgan fingerprint density at radius 2 is 2.18 bits per heavy atom. The van der Waals surface area contributed by atoms with Crippen LogP contribution < -0.4 is 15.8 Å². The molecule has 0 unspecified atom stereocenters. The molecule has 0 radical (unpaired) electrons. The second-order valence-corrected chi connectivity index (χ2v) is 4.63. The van der Waals surface area contributed by atoms with Crippen LogP contribution in [0.2, 0.25) is 5.02 Å². The van der Waals surface area contributed by atoms with E-state index in [1.54, 1.807) is 12.1 Å². The van der Waals surface area contributed by atoms with E-state index < -0.39 is 0 Å². The summed E-state index contributed by atoms with van der Waals surface area (Å²) in [6.07, 6.45) is 0.434. The number of nitrogens with one attached hydrogen (secondary N) is 1. The van der Waals surface area contributed by atoms with Crippen molar-refractivity contribution in [2.24, 2.45) is 5.92 Å². The molecule has 1 aromatic rings. The summed E-state index contributed by atoms with van der Waals surface area (Å²) in [7, 11) is 1.50. The number of hydrogen-bond donors (Lipinski definition) is 2. The van der Waals surface area contributed by atoms with Gasteiger partial charge < -0.3 is 15.8 Å². The van der Waals surface area contributed by atoms with E-state index in [0.29, 0.717) is 28.6 Å². The highest BCUT2D eigenvalue weighted by atomic mass is 35.5. The summed E-state index contributed by atoms with van der Waals surface area (Å²) in [5.74, 6) is 0.658. The average molecular weight is 257 g/mol. The molecule has 0 saturated carbocycles. The average Bonchev–Trinajstić information content (AvgIpc) is 2.20. The number of ether oxygens (including phenoxy) is 1. The van der Waals surface area contributed by atoms with Gasteiger partial charge in [0.05, 0.1) is 12.1 Å². The number of carbonyl (C=O) groups excluding carboxylic acids is 1. The number of benzene rings is 1. The first-order chi connectivity index (χ1) is 7.93. The molecule has 0 aliphatic carbocycles. The van der Waals surface area contributed by atoms with E-state index in [9.17, 15) is 4.79 Å². The van der Waals surface area contributed by atoms with Gasteiger partial charge in [0.2, 0.25) is 5.91 Å². The fourth-order valence-electron chi connectivity index (χ4n) is 1.44. The van der Waals surface area contributed by atoms with Crippen molar-refractivity contribution in [1.29, 1.82) is 0 Å². The van der Waals surface area contributed by atoms with Crippen LogP contribution in [0.25, 0.3) is 0 Å². The molecule has 0 atom stereocenters. The number of rotatable bonds is 4. The van der Waals surface area contributed by atoms with Crippen LogP contribution in [-0.4, -0.2) is 13.0 Å². The molecule has 0 aliphatic rings. The van der Waals surface area contributed by atoms with Crippen molar-refractivity contribution >= 4 is 28.9 Å². The third-order valence-corrected chi connectivity index (χ3v) is 2.45. The second kappa shape index (κ2) is 5.77. The minimum atomic E-state index is -0.0926. The van der Waals surface area contributed by atoms with Crippen molar-refractivity contribution in [3.8, 4) is 5.75 Å². The highest BCUT2D eigenvalue weighted by Gasteiger charge is 2.13. The summed E-state index contributed by atoms with van der Waals surface area (Å²) >= 11 is 6.02. The molecule has 1 amide bonds. The minimum absolute atomic E-state index is 0.0926. The summed E-state index contributed by atoms with van der Waals surface area (Å²) in [4.78, 5) is 11.7. The van der Waals surface area contributed by atoms with E-state index in [2.05, 4.69) is 5.32 Å². The zero-order valence-corrected chi connectivity index (χ0v) is 11.0. The zero-order chi connectivity index (χ0) is 13.0. The maximum atomic E-state index is 11.7. The van der Waals surface area contributed by atoms with Gasteiger partial charge in [-0.2, -0.15) is 0 Å². The minimum Gasteiger partial charge on any atom is -0.494 e. The van der Waals surface area contributed by atoms with Gasteiger partial charge in [0, 0.05) is 18.2 Å². The maximum Gasteiger partial charge on any atom is 0.224 e. The van der Waals surface area contributed by atoms with Gasteiger partial charge in [-0.3, -0.25) is 4.79 Å². The van der Waals surface area contributed by atoms with Gasteiger partial charge in [0.15, 0.2) is 0 Å². The Labute approximate surface area is 106 Å².